The number of nitrogens with two attached hydrogens (primary N) is 1. The van der Waals surface area contributed by atoms with E-state index in [0.717, 1.165) is 31.6 Å². The molecule has 1 saturated carbocycles. The predicted octanol–water partition coefficient (Wildman–Crippen LogP) is 1.81. The van der Waals surface area contributed by atoms with Crippen molar-refractivity contribution in [2.75, 3.05) is 6.54 Å². The zero-order valence-electron chi connectivity index (χ0n) is 12.8. The first-order chi connectivity index (χ1) is 8.68. The highest BCUT2D eigenvalue weighted by molar-refractivity contribution is 5.82. The Morgan fingerprint density at radius 1 is 1.42 bits per heavy atom. The molecule has 0 radical (unpaired) electrons. The molecule has 1 aliphatic rings. The fraction of sp³-hybridized carbons (Fsp3) is 0.933. The van der Waals surface area contributed by atoms with Crippen molar-refractivity contribution < 1.29 is 9.90 Å². The number of carbonyl (C=O) groups excluding carboxylic acids is 1. The lowest BCUT2D eigenvalue weighted by Crippen LogP contribution is -2.53. The van der Waals surface area contributed by atoms with Gasteiger partial charge in [-0.05, 0) is 37.0 Å². The van der Waals surface area contributed by atoms with Crippen LogP contribution in [0.2, 0.25) is 0 Å². The number of hydrogen-bond acceptors (Lipinski definition) is 3. The third kappa shape index (κ3) is 4.77. The highest BCUT2D eigenvalue weighted by Crippen LogP contribution is 2.33. The Kier molecular flexibility index (Phi) is 5.39. The van der Waals surface area contributed by atoms with Crippen molar-refractivity contribution in [3.8, 4) is 0 Å². The highest BCUT2D eigenvalue weighted by Gasteiger charge is 2.34. The second-order valence-electron chi connectivity index (χ2n) is 7.14. The zero-order valence-corrected chi connectivity index (χ0v) is 12.8. The molecule has 0 unspecified atom stereocenters. The summed E-state index contributed by atoms with van der Waals surface area (Å²) in [5.74, 6) is 0.561. The molecule has 112 valence electrons. The van der Waals surface area contributed by atoms with Crippen LogP contribution in [0, 0.1) is 11.3 Å². The number of hydrogen-bond donors (Lipinski definition) is 3. The second kappa shape index (κ2) is 6.23. The van der Waals surface area contributed by atoms with E-state index in [1.807, 2.05) is 20.8 Å². The van der Waals surface area contributed by atoms with Crippen molar-refractivity contribution in [2.24, 2.45) is 17.1 Å². The fourth-order valence-electron chi connectivity index (χ4n) is 2.55. The second-order valence-corrected chi connectivity index (χ2v) is 7.14. The first kappa shape index (κ1) is 16.4. The van der Waals surface area contributed by atoms with Crippen LogP contribution in [0.3, 0.4) is 0 Å². The SMILES string of the molecule is CCC1CCC(O)(CNC(=O)[C@@H](N)C(C)(C)C)CC1. The molecule has 1 amide bonds. The molecule has 0 bridgehead atoms. The highest BCUT2D eigenvalue weighted by atomic mass is 16.3. The lowest BCUT2D eigenvalue weighted by molar-refractivity contribution is -0.126. The molecular weight excluding hydrogens is 240 g/mol. The summed E-state index contributed by atoms with van der Waals surface area (Å²) in [5, 5.41) is 13.3. The van der Waals surface area contributed by atoms with Crippen LogP contribution < -0.4 is 11.1 Å². The lowest BCUT2D eigenvalue weighted by atomic mass is 9.77. The lowest BCUT2D eigenvalue weighted by Gasteiger charge is -2.36. The van der Waals surface area contributed by atoms with Gasteiger partial charge in [-0.15, -0.1) is 0 Å². The maximum Gasteiger partial charge on any atom is 0.237 e. The average Bonchev–Trinajstić information content (AvgIpc) is 2.35. The van der Waals surface area contributed by atoms with E-state index in [2.05, 4.69) is 12.2 Å². The summed E-state index contributed by atoms with van der Waals surface area (Å²) in [6, 6.07) is -0.539. The third-order valence-electron chi connectivity index (χ3n) is 4.42. The summed E-state index contributed by atoms with van der Waals surface area (Å²) in [5.41, 5.74) is 4.91. The van der Waals surface area contributed by atoms with E-state index in [-0.39, 0.29) is 11.3 Å². The van der Waals surface area contributed by atoms with Gasteiger partial charge in [-0.25, -0.2) is 0 Å². The fourth-order valence-corrected chi connectivity index (χ4v) is 2.55. The molecule has 0 aliphatic heterocycles. The summed E-state index contributed by atoms with van der Waals surface area (Å²) in [7, 11) is 0. The van der Waals surface area contributed by atoms with Gasteiger partial charge in [0, 0.05) is 6.54 Å². The molecule has 4 heteroatoms. The van der Waals surface area contributed by atoms with Crippen molar-refractivity contribution in [1.82, 2.24) is 5.32 Å². The Hall–Kier alpha value is -0.610. The Balaban J connectivity index is 2.42. The van der Waals surface area contributed by atoms with Gasteiger partial charge in [-0.3, -0.25) is 4.79 Å². The van der Waals surface area contributed by atoms with Gasteiger partial charge in [0.1, 0.15) is 0 Å². The molecule has 4 nitrogen and oxygen atoms in total. The zero-order chi connectivity index (χ0) is 14.7. The van der Waals surface area contributed by atoms with E-state index in [4.69, 9.17) is 5.73 Å². The summed E-state index contributed by atoms with van der Waals surface area (Å²) in [6.45, 7) is 8.35. The summed E-state index contributed by atoms with van der Waals surface area (Å²) < 4.78 is 0. The largest absolute Gasteiger partial charge is 0.388 e. The van der Waals surface area contributed by atoms with Gasteiger partial charge in [0.2, 0.25) is 5.91 Å². The van der Waals surface area contributed by atoms with Gasteiger partial charge < -0.3 is 16.2 Å². The third-order valence-corrected chi connectivity index (χ3v) is 4.42. The van der Waals surface area contributed by atoms with Crippen molar-refractivity contribution in [3.05, 3.63) is 0 Å². The van der Waals surface area contributed by atoms with Crippen molar-refractivity contribution in [1.29, 1.82) is 0 Å². The first-order valence-electron chi connectivity index (χ1n) is 7.43. The van der Waals surface area contributed by atoms with Crippen LogP contribution in [0.15, 0.2) is 0 Å². The van der Waals surface area contributed by atoms with Crippen molar-refractivity contribution in [2.45, 2.75) is 71.4 Å². The minimum absolute atomic E-state index is 0.168. The van der Waals surface area contributed by atoms with Crippen LogP contribution in [0.1, 0.15) is 59.8 Å². The predicted molar refractivity (Wildman–Crippen MR) is 77.6 cm³/mol. The van der Waals surface area contributed by atoms with E-state index in [1.54, 1.807) is 0 Å². The number of carbonyl (C=O) groups is 1. The monoisotopic (exact) mass is 270 g/mol. The van der Waals surface area contributed by atoms with Crippen LogP contribution in [0.25, 0.3) is 0 Å². The van der Waals surface area contributed by atoms with E-state index in [1.165, 1.54) is 6.42 Å². The van der Waals surface area contributed by atoms with Crippen molar-refractivity contribution in [3.63, 3.8) is 0 Å². The Labute approximate surface area is 117 Å². The molecule has 0 spiro atoms. The van der Waals surface area contributed by atoms with Gasteiger partial charge in [-0.1, -0.05) is 34.1 Å². The molecule has 1 rings (SSSR count). The summed E-state index contributed by atoms with van der Waals surface area (Å²) in [4.78, 5) is 11.9. The van der Waals surface area contributed by atoms with E-state index in [0.29, 0.717) is 6.54 Å². The van der Waals surface area contributed by atoms with Gasteiger partial charge in [0.15, 0.2) is 0 Å². The van der Waals surface area contributed by atoms with Gasteiger partial charge in [0.05, 0.1) is 11.6 Å². The van der Waals surface area contributed by atoms with Crippen LogP contribution in [0.4, 0.5) is 0 Å². The smallest absolute Gasteiger partial charge is 0.237 e. The summed E-state index contributed by atoms with van der Waals surface area (Å²) >= 11 is 0. The molecular formula is C15H30N2O2. The Bertz CT molecular complexity index is 302. The standard InChI is InChI=1S/C15H30N2O2/c1-5-11-6-8-15(19,9-7-11)10-17-13(18)12(16)14(2,3)4/h11-12,19H,5-10,16H2,1-4H3,(H,17,18)/t11?,12-,15?/m1/s1. The molecule has 0 saturated heterocycles. The van der Waals surface area contributed by atoms with Gasteiger partial charge in [0.25, 0.3) is 0 Å². The molecule has 19 heavy (non-hydrogen) atoms. The van der Waals surface area contributed by atoms with Gasteiger partial charge in [-0.2, -0.15) is 0 Å². The molecule has 1 aliphatic carbocycles. The molecule has 0 heterocycles. The van der Waals surface area contributed by atoms with Crippen LogP contribution in [-0.2, 0) is 4.79 Å². The Morgan fingerprint density at radius 2 is 1.95 bits per heavy atom. The van der Waals surface area contributed by atoms with Crippen molar-refractivity contribution >= 4 is 5.91 Å². The van der Waals surface area contributed by atoms with Crippen LogP contribution in [-0.4, -0.2) is 29.2 Å². The Morgan fingerprint density at radius 3 is 2.37 bits per heavy atom. The quantitative estimate of drug-likeness (QED) is 0.729. The molecule has 0 aromatic heterocycles. The van der Waals surface area contributed by atoms with E-state index in [9.17, 15) is 9.90 Å². The summed E-state index contributed by atoms with van der Waals surface area (Å²) in [6.07, 6.45) is 4.83. The molecule has 0 aromatic carbocycles. The first-order valence-corrected chi connectivity index (χ1v) is 7.43. The minimum atomic E-state index is -0.737. The number of nitrogens with one attached hydrogen (secondary N) is 1. The average molecular weight is 270 g/mol. The van der Waals surface area contributed by atoms with Gasteiger partial charge >= 0.3 is 0 Å². The van der Waals surface area contributed by atoms with E-state index >= 15 is 0 Å². The number of aliphatic hydroxyl groups is 1. The molecule has 1 fully saturated rings. The normalized spacial score (nSPS) is 29.9. The van der Waals surface area contributed by atoms with Crippen LogP contribution in [0.5, 0.6) is 0 Å². The molecule has 1 atom stereocenters. The molecule has 4 N–H and O–H groups in total. The van der Waals surface area contributed by atoms with E-state index < -0.39 is 11.6 Å². The topological polar surface area (TPSA) is 75.3 Å². The maximum absolute atomic E-state index is 11.9. The number of amides is 1. The maximum atomic E-state index is 11.9. The van der Waals surface area contributed by atoms with Crippen LogP contribution >= 0.6 is 0 Å². The number of rotatable bonds is 4. The minimum Gasteiger partial charge on any atom is -0.388 e. The molecule has 0 aromatic rings.